The first-order valence-corrected chi connectivity index (χ1v) is 6.13. The third-order valence-electron chi connectivity index (χ3n) is 3.18. The first-order valence-electron chi connectivity index (χ1n) is 6.13. The molecule has 2 N–H and O–H groups in total. The highest BCUT2D eigenvalue weighted by atomic mass is 14.5. The van der Waals surface area contributed by atoms with E-state index in [1.807, 2.05) is 0 Å². The lowest BCUT2D eigenvalue weighted by Gasteiger charge is -2.09. The highest BCUT2D eigenvalue weighted by Gasteiger charge is 2.03. The molecule has 0 spiro atoms. The number of hydrogen-bond acceptors (Lipinski definition) is 1. The lowest BCUT2D eigenvalue weighted by molar-refractivity contribution is 1.07. The number of aryl methyl sites for hydroxylation is 2. The van der Waals surface area contributed by atoms with E-state index >= 15 is 0 Å². The van der Waals surface area contributed by atoms with E-state index in [-0.39, 0.29) is 0 Å². The van der Waals surface area contributed by atoms with Gasteiger partial charge in [0, 0.05) is 6.54 Å². The lowest BCUT2D eigenvalue weighted by atomic mass is 9.96. The standard InChI is InChI=1S/C16H19N/c1-3-13-5-4-6-15(9-13)16-10-14(11-17)8-7-12(16)2/h4-10H,3,11,17H2,1-2H3. The number of hydrogen-bond donors (Lipinski definition) is 1. The Hall–Kier alpha value is -1.60. The molecule has 2 aromatic rings. The molecule has 1 nitrogen and oxygen atoms in total. The Bertz CT molecular complexity index is 515. The van der Waals surface area contributed by atoms with Crippen molar-refractivity contribution in [3.05, 3.63) is 59.2 Å². The molecule has 0 saturated heterocycles. The Kier molecular flexibility index (Phi) is 3.60. The van der Waals surface area contributed by atoms with Crippen LogP contribution < -0.4 is 5.73 Å². The number of nitrogens with two attached hydrogens (primary N) is 1. The minimum atomic E-state index is 0.598. The fourth-order valence-electron chi connectivity index (χ4n) is 2.07. The van der Waals surface area contributed by atoms with E-state index in [0.29, 0.717) is 6.54 Å². The Labute approximate surface area is 103 Å². The van der Waals surface area contributed by atoms with Gasteiger partial charge in [-0.1, -0.05) is 43.3 Å². The zero-order valence-corrected chi connectivity index (χ0v) is 10.5. The maximum Gasteiger partial charge on any atom is 0.0178 e. The second kappa shape index (κ2) is 5.15. The van der Waals surface area contributed by atoms with Crippen molar-refractivity contribution in [2.75, 3.05) is 0 Å². The summed E-state index contributed by atoms with van der Waals surface area (Å²) < 4.78 is 0. The van der Waals surface area contributed by atoms with Crippen LogP contribution in [0.15, 0.2) is 42.5 Å². The molecule has 17 heavy (non-hydrogen) atoms. The summed E-state index contributed by atoms with van der Waals surface area (Å²) in [6.45, 7) is 4.93. The summed E-state index contributed by atoms with van der Waals surface area (Å²) in [5, 5.41) is 0. The van der Waals surface area contributed by atoms with Gasteiger partial charge in [0.1, 0.15) is 0 Å². The van der Waals surface area contributed by atoms with Crippen LogP contribution in [0.25, 0.3) is 11.1 Å². The van der Waals surface area contributed by atoms with E-state index in [1.54, 1.807) is 0 Å². The van der Waals surface area contributed by atoms with Crippen LogP contribution in [0, 0.1) is 6.92 Å². The van der Waals surface area contributed by atoms with E-state index in [4.69, 9.17) is 5.73 Å². The predicted octanol–water partition coefficient (Wildman–Crippen LogP) is 3.68. The summed E-state index contributed by atoms with van der Waals surface area (Å²) in [6, 6.07) is 15.2. The van der Waals surface area contributed by atoms with Gasteiger partial charge in [-0.3, -0.25) is 0 Å². The third-order valence-corrected chi connectivity index (χ3v) is 3.18. The summed E-state index contributed by atoms with van der Waals surface area (Å²) >= 11 is 0. The molecule has 0 heterocycles. The van der Waals surface area contributed by atoms with E-state index in [0.717, 1.165) is 6.42 Å². The van der Waals surface area contributed by atoms with Crippen molar-refractivity contribution >= 4 is 0 Å². The van der Waals surface area contributed by atoms with Crippen molar-refractivity contribution in [2.45, 2.75) is 26.8 Å². The summed E-state index contributed by atoms with van der Waals surface area (Å²) in [5.41, 5.74) is 12.2. The van der Waals surface area contributed by atoms with Gasteiger partial charge in [-0.2, -0.15) is 0 Å². The molecule has 0 aliphatic carbocycles. The summed E-state index contributed by atoms with van der Waals surface area (Å²) in [4.78, 5) is 0. The van der Waals surface area contributed by atoms with E-state index in [9.17, 15) is 0 Å². The SMILES string of the molecule is CCc1cccc(-c2cc(CN)ccc2C)c1. The van der Waals surface area contributed by atoms with Crippen LogP contribution in [0.1, 0.15) is 23.6 Å². The average Bonchev–Trinajstić information content (AvgIpc) is 2.39. The van der Waals surface area contributed by atoms with E-state index in [1.165, 1.54) is 27.8 Å². The molecular formula is C16H19N. The Morgan fingerprint density at radius 2 is 1.82 bits per heavy atom. The first-order chi connectivity index (χ1) is 8.24. The van der Waals surface area contributed by atoms with Gasteiger partial charge in [-0.15, -0.1) is 0 Å². The molecule has 2 aromatic carbocycles. The molecular weight excluding hydrogens is 206 g/mol. The highest BCUT2D eigenvalue weighted by molar-refractivity contribution is 5.68. The Morgan fingerprint density at radius 3 is 2.53 bits per heavy atom. The molecule has 0 bridgehead atoms. The van der Waals surface area contributed by atoms with Crippen LogP contribution in [0.2, 0.25) is 0 Å². The van der Waals surface area contributed by atoms with Crippen LogP contribution in [0.3, 0.4) is 0 Å². The van der Waals surface area contributed by atoms with Crippen LogP contribution in [-0.4, -0.2) is 0 Å². The minimum absolute atomic E-state index is 0.598. The molecule has 0 saturated carbocycles. The number of rotatable bonds is 3. The summed E-state index contributed by atoms with van der Waals surface area (Å²) in [7, 11) is 0. The summed E-state index contributed by atoms with van der Waals surface area (Å²) in [6.07, 6.45) is 1.07. The van der Waals surface area contributed by atoms with Crippen molar-refractivity contribution in [3.63, 3.8) is 0 Å². The molecule has 2 rings (SSSR count). The quantitative estimate of drug-likeness (QED) is 0.847. The molecule has 0 atom stereocenters. The van der Waals surface area contributed by atoms with Gasteiger partial charge in [-0.25, -0.2) is 0 Å². The molecule has 0 aromatic heterocycles. The minimum Gasteiger partial charge on any atom is -0.326 e. The molecule has 1 heteroatoms. The molecule has 0 amide bonds. The maximum absolute atomic E-state index is 5.70. The fourth-order valence-corrected chi connectivity index (χ4v) is 2.07. The monoisotopic (exact) mass is 225 g/mol. The van der Waals surface area contributed by atoms with E-state index < -0.39 is 0 Å². The van der Waals surface area contributed by atoms with Crippen molar-refractivity contribution in [2.24, 2.45) is 5.73 Å². The lowest BCUT2D eigenvalue weighted by Crippen LogP contribution is -1.97. The van der Waals surface area contributed by atoms with Crippen molar-refractivity contribution in [3.8, 4) is 11.1 Å². The highest BCUT2D eigenvalue weighted by Crippen LogP contribution is 2.25. The molecule has 0 aliphatic rings. The van der Waals surface area contributed by atoms with Gasteiger partial charge in [0.25, 0.3) is 0 Å². The van der Waals surface area contributed by atoms with Gasteiger partial charge in [-0.05, 0) is 47.2 Å². The molecule has 0 radical (unpaired) electrons. The normalized spacial score (nSPS) is 10.5. The van der Waals surface area contributed by atoms with Crippen LogP contribution in [0.5, 0.6) is 0 Å². The van der Waals surface area contributed by atoms with Crippen LogP contribution in [0.4, 0.5) is 0 Å². The third kappa shape index (κ3) is 2.56. The van der Waals surface area contributed by atoms with Crippen molar-refractivity contribution < 1.29 is 0 Å². The second-order valence-electron chi connectivity index (χ2n) is 4.41. The fraction of sp³-hybridized carbons (Fsp3) is 0.250. The second-order valence-corrected chi connectivity index (χ2v) is 4.41. The van der Waals surface area contributed by atoms with Crippen LogP contribution >= 0.6 is 0 Å². The van der Waals surface area contributed by atoms with Gasteiger partial charge in [0.2, 0.25) is 0 Å². The van der Waals surface area contributed by atoms with Crippen molar-refractivity contribution in [1.82, 2.24) is 0 Å². The van der Waals surface area contributed by atoms with Gasteiger partial charge >= 0.3 is 0 Å². The topological polar surface area (TPSA) is 26.0 Å². The zero-order valence-electron chi connectivity index (χ0n) is 10.5. The Balaban J connectivity index is 2.50. The smallest absolute Gasteiger partial charge is 0.0178 e. The van der Waals surface area contributed by atoms with Gasteiger partial charge < -0.3 is 5.73 Å². The maximum atomic E-state index is 5.70. The van der Waals surface area contributed by atoms with Gasteiger partial charge in [0.05, 0.1) is 0 Å². The van der Waals surface area contributed by atoms with Crippen molar-refractivity contribution in [1.29, 1.82) is 0 Å². The molecule has 0 fully saturated rings. The first kappa shape index (κ1) is 11.9. The molecule has 88 valence electrons. The average molecular weight is 225 g/mol. The summed E-state index contributed by atoms with van der Waals surface area (Å²) in [5.74, 6) is 0. The van der Waals surface area contributed by atoms with E-state index in [2.05, 4.69) is 56.3 Å². The number of benzene rings is 2. The molecule has 0 aliphatic heterocycles. The van der Waals surface area contributed by atoms with Gasteiger partial charge in [0.15, 0.2) is 0 Å². The molecule has 0 unspecified atom stereocenters. The Morgan fingerprint density at radius 1 is 1.00 bits per heavy atom. The largest absolute Gasteiger partial charge is 0.326 e. The van der Waals surface area contributed by atoms with Crippen LogP contribution in [-0.2, 0) is 13.0 Å². The predicted molar refractivity (Wildman–Crippen MR) is 73.9 cm³/mol. The zero-order chi connectivity index (χ0) is 12.3.